The van der Waals surface area contributed by atoms with Gasteiger partial charge in [0.05, 0.1) is 0 Å². The van der Waals surface area contributed by atoms with E-state index in [-0.39, 0.29) is 5.41 Å². The molecule has 5 atom stereocenters. The molecule has 5 aliphatic rings. The van der Waals surface area contributed by atoms with Crippen molar-refractivity contribution in [3.8, 4) is 0 Å². The topological polar surface area (TPSA) is 34.1 Å². The largest absolute Gasteiger partial charge is 0.299 e. The summed E-state index contributed by atoms with van der Waals surface area (Å²) < 4.78 is 0. The van der Waals surface area contributed by atoms with E-state index in [1.807, 2.05) is 6.08 Å². The van der Waals surface area contributed by atoms with Crippen molar-refractivity contribution in [2.45, 2.75) is 51.9 Å². The van der Waals surface area contributed by atoms with Gasteiger partial charge < -0.3 is 0 Å². The maximum Gasteiger partial charge on any atom is 0.156 e. The molecule has 3 fully saturated rings. The Balaban J connectivity index is 1.60. The van der Waals surface area contributed by atoms with Crippen molar-refractivity contribution in [1.82, 2.24) is 0 Å². The van der Waals surface area contributed by atoms with Crippen molar-refractivity contribution < 1.29 is 9.59 Å². The predicted octanol–water partition coefficient (Wildman–Crippen LogP) is 3.62. The molecule has 110 valence electrons. The number of hydrogen-bond acceptors (Lipinski definition) is 2. The van der Waals surface area contributed by atoms with Crippen molar-refractivity contribution in [1.29, 1.82) is 0 Å². The van der Waals surface area contributed by atoms with E-state index in [4.69, 9.17) is 0 Å². The van der Waals surface area contributed by atoms with Gasteiger partial charge in [0.1, 0.15) is 5.78 Å². The van der Waals surface area contributed by atoms with Gasteiger partial charge in [0.2, 0.25) is 0 Å². The molecule has 2 nitrogen and oxygen atoms in total. The number of Topliss-reactive ketones (excluding diaryl/α,β-unsaturated/α-hetero) is 1. The number of carbonyl (C=O) groups excluding carboxylic acids is 2. The Morgan fingerprint density at radius 1 is 1.10 bits per heavy atom. The van der Waals surface area contributed by atoms with Crippen LogP contribution in [0.4, 0.5) is 0 Å². The maximum absolute atomic E-state index is 12.6. The first-order chi connectivity index (χ1) is 10.1. The van der Waals surface area contributed by atoms with Gasteiger partial charge in [0.15, 0.2) is 5.78 Å². The fraction of sp³-hybridized carbons (Fsp3) is 0.684. The summed E-state index contributed by atoms with van der Waals surface area (Å²) in [5.74, 6) is 3.26. The summed E-state index contributed by atoms with van der Waals surface area (Å²) in [5, 5.41) is 0. The fourth-order valence-electron chi connectivity index (χ4n) is 6.19. The molecule has 0 aliphatic heterocycles. The molecule has 0 unspecified atom stereocenters. The van der Waals surface area contributed by atoms with E-state index in [9.17, 15) is 9.59 Å². The van der Waals surface area contributed by atoms with Crippen LogP contribution in [0.3, 0.4) is 0 Å². The monoisotopic (exact) mass is 282 g/mol. The molecule has 0 N–H and O–H groups in total. The molecule has 21 heavy (non-hydrogen) atoms. The summed E-state index contributed by atoms with van der Waals surface area (Å²) in [6, 6.07) is 0. The number of rotatable bonds is 0. The SMILES string of the molecule is C[C@]12CCC3=C4CCC(=O)C=C4CC[C@H]3[C@@H]1[C@@H]1C[C@@H]1C2=O. The van der Waals surface area contributed by atoms with Gasteiger partial charge in [-0.2, -0.15) is 0 Å². The summed E-state index contributed by atoms with van der Waals surface area (Å²) in [4.78, 5) is 24.3. The Kier molecular flexibility index (Phi) is 2.22. The molecule has 0 heterocycles. The van der Waals surface area contributed by atoms with Crippen LogP contribution in [0.15, 0.2) is 22.8 Å². The van der Waals surface area contributed by atoms with Gasteiger partial charge >= 0.3 is 0 Å². The van der Waals surface area contributed by atoms with Gasteiger partial charge in [-0.15, -0.1) is 0 Å². The van der Waals surface area contributed by atoms with E-state index < -0.39 is 0 Å². The molecule has 0 radical (unpaired) electrons. The predicted molar refractivity (Wildman–Crippen MR) is 79.5 cm³/mol. The lowest BCUT2D eigenvalue weighted by molar-refractivity contribution is -0.130. The first kappa shape index (κ1) is 12.4. The van der Waals surface area contributed by atoms with E-state index in [0.717, 1.165) is 25.7 Å². The summed E-state index contributed by atoms with van der Waals surface area (Å²) in [5.41, 5.74) is 4.47. The number of carbonyl (C=O) groups is 2. The quantitative estimate of drug-likeness (QED) is 0.680. The van der Waals surface area contributed by atoms with Crippen LogP contribution in [-0.4, -0.2) is 11.6 Å². The molecule has 0 saturated heterocycles. The highest BCUT2D eigenvalue weighted by Gasteiger charge is 2.68. The van der Waals surface area contributed by atoms with Crippen molar-refractivity contribution >= 4 is 11.6 Å². The average molecular weight is 282 g/mol. The highest BCUT2D eigenvalue weighted by atomic mass is 16.1. The zero-order valence-electron chi connectivity index (χ0n) is 12.7. The lowest BCUT2D eigenvalue weighted by Gasteiger charge is -2.47. The molecule has 0 aromatic carbocycles. The molecule has 0 aromatic heterocycles. The first-order valence-corrected chi connectivity index (χ1v) is 8.59. The molecule has 2 heteroatoms. The zero-order valence-corrected chi connectivity index (χ0v) is 12.7. The van der Waals surface area contributed by atoms with Gasteiger partial charge in [-0.1, -0.05) is 12.5 Å². The van der Waals surface area contributed by atoms with Crippen LogP contribution < -0.4 is 0 Å². The Labute approximate surface area is 125 Å². The number of hydrogen-bond donors (Lipinski definition) is 0. The Morgan fingerprint density at radius 3 is 2.81 bits per heavy atom. The Morgan fingerprint density at radius 2 is 1.95 bits per heavy atom. The van der Waals surface area contributed by atoms with Crippen LogP contribution in [0.1, 0.15) is 51.9 Å². The van der Waals surface area contributed by atoms with E-state index in [1.54, 1.807) is 5.57 Å². The first-order valence-electron chi connectivity index (χ1n) is 8.59. The fourth-order valence-corrected chi connectivity index (χ4v) is 6.19. The average Bonchev–Trinajstić information content (AvgIpc) is 3.21. The van der Waals surface area contributed by atoms with Gasteiger partial charge in [0, 0.05) is 17.8 Å². The molecule has 0 spiro atoms. The molecule has 0 amide bonds. The summed E-state index contributed by atoms with van der Waals surface area (Å²) in [6.07, 6.45) is 9.13. The summed E-state index contributed by atoms with van der Waals surface area (Å²) in [6.45, 7) is 2.25. The zero-order chi connectivity index (χ0) is 14.4. The lowest BCUT2D eigenvalue weighted by Crippen LogP contribution is -2.42. The standard InChI is InChI=1S/C19H22O2/c1-19-7-6-13-12-5-3-11(20)8-10(12)2-4-14(13)17(19)15-9-16(15)18(19)21/h8,14-17H,2-7,9H2,1H3/t14-,15-,16+,17-,19+/m1/s1. The molecule has 3 saturated carbocycles. The third-order valence-corrected chi connectivity index (χ3v) is 7.19. The second-order valence-corrected chi connectivity index (χ2v) is 8.10. The van der Waals surface area contributed by atoms with Crippen LogP contribution >= 0.6 is 0 Å². The highest BCUT2D eigenvalue weighted by molar-refractivity contribution is 5.94. The Hall–Kier alpha value is -1.18. The molecule has 0 aromatic rings. The van der Waals surface area contributed by atoms with E-state index in [2.05, 4.69) is 6.92 Å². The molecule has 5 rings (SSSR count). The van der Waals surface area contributed by atoms with Crippen molar-refractivity contribution in [3.05, 3.63) is 22.8 Å². The summed E-state index contributed by atoms with van der Waals surface area (Å²) in [7, 11) is 0. The Bertz CT molecular complexity index is 638. The van der Waals surface area contributed by atoms with Crippen LogP contribution in [-0.2, 0) is 9.59 Å². The minimum atomic E-state index is -0.0198. The molecular formula is C19H22O2. The molecule has 0 bridgehead atoms. The minimum absolute atomic E-state index is 0.0198. The minimum Gasteiger partial charge on any atom is -0.299 e. The van der Waals surface area contributed by atoms with Crippen LogP contribution in [0.25, 0.3) is 0 Å². The van der Waals surface area contributed by atoms with Gasteiger partial charge in [-0.05, 0) is 73.5 Å². The van der Waals surface area contributed by atoms with E-state index in [0.29, 0.717) is 41.7 Å². The third kappa shape index (κ3) is 1.44. The van der Waals surface area contributed by atoms with Crippen molar-refractivity contribution in [2.75, 3.05) is 0 Å². The number of ketones is 2. The number of allylic oxidation sites excluding steroid dienone is 4. The van der Waals surface area contributed by atoms with Gasteiger partial charge in [0.25, 0.3) is 0 Å². The van der Waals surface area contributed by atoms with Crippen LogP contribution in [0.2, 0.25) is 0 Å². The third-order valence-electron chi connectivity index (χ3n) is 7.19. The van der Waals surface area contributed by atoms with Gasteiger partial charge in [-0.3, -0.25) is 9.59 Å². The number of fused-ring (bicyclic) bond motifs is 6. The normalized spacial score (nSPS) is 47.4. The maximum atomic E-state index is 12.6. The molecule has 5 aliphatic carbocycles. The van der Waals surface area contributed by atoms with E-state index >= 15 is 0 Å². The van der Waals surface area contributed by atoms with Crippen molar-refractivity contribution in [2.24, 2.45) is 29.1 Å². The second kappa shape index (κ2) is 3.77. The second-order valence-electron chi connectivity index (χ2n) is 8.10. The smallest absolute Gasteiger partial charge is 0.156 e. The van der Waals surface area contributed by atoms with E-state index in [1.165, 1.54) is 24.0 Å². The molecular weight excluding hydrogens is 260 g/mol. The lowest BCUT2D eigenvalue weighted by atomic mass is 9.56. The van der Waals surface area contributed by atoms with Crippen molar-refractivity contribution in [3.63, 3.8) is 0 Å². The highest BCUT2D eigenvalue weighted by Crippen LogP contribution is 2.69. The van der Waals surface area contributed by atoms with Crippen LogP contribution in [0, 0.1) is 29.1 Å². The van der Waals surface area contributed by atoms with Gasteiger partial charge in [-0.25, -0.2) is 0 Å². The van der Waals surface area contributed by atoms with Crippen LogP contribution in [0.5, 0.6) is 0 Å². The summed E-state index contributed by atoms with van der Waals surface area (Å²) >= 11 is 0.